The Hall–Kier alpha value is -5.16. The molecule has 226 valence electrons. The van der Waals surface area contributed by atoms with Crippen molar-refractivity contribution in [3.8, 4) is 17.2 Å². The fourth-order valence-electron chi connectivity index (χ4n) is 4.97. The smallest absolute Gasteiger partial charge is 0.350 e. The minimum Gasteiger partial charge on any atom is -0.507 e. The molecule has 1 fully saturated rings. The zero-order valence-corrected chi connectivity index (χ0v) is 25.6. The number of thiazole rings is 1. The topological polar surface area (TPSA) is 124 Å². The molecule has 0 radical (unpaired) electrons. The molecule has 10 nitrogen and oxygen atoms in total. The summed E-state index contributed by atoms with van der Waals surface area (Å²) in [5.41, 5.74) is 3.09. The molecule has 0 bridgehead atoms. The van der Waals surface area contributed by atoms with Crippen molar-refractivity contribution in [1.82, 2.24) is 4.98 Å². The van der Waals surface area contributed by atoms with Crippen molar-refractivity contribution >= 4 is 39.9 Å². The first-order valence-corrected chi connectivity index (χ1v) is 14.4. The molecule has 4 aromatic rings. The standard InChI is InChI=1S/C33H30N2O8S/c1-18-7-6-8-20(15-18)17-43-23-12-9-21(10-13-23)28(36)26-27(22-11-14-24(40-3)25(16-22)41-4)35(31(38)29(26)37)33-34-19(2)30(44-33)32(39)42-5/h6-16,27,36H,17H2,1-5H3/b28-26+. The average Bonchev–Trinajstić information content (AvgIpc) is 3.55. The van der Waals surface area contributed by atoms with Gasteiger partial charge < -0.3 is 24.1 Å². The molecular formula is C33H30N2O8S. The van der Waals surface area contributed by atoms with Crippen molar-refractivity contribution in [3.63, 3.8) is 0 Å². The maximum absolute atomic E-state index is 13.6. The largest absolute Gasteiger partial charge is 0.507 e. The highest BCUT2D eigenvalue weighted by atomic mass is 32.1. The summed E-state index contributed by atoms with van der Waals surface area (Å²) in [5.74, 6) is -1.45. The number of rotatable bonds is 9. The number of anilines is 1. The number of methoxy groups -OCH3 is 3. The van der Waals surface area contributed by atoms with Crippen molar-refractivity contribution in [2.75, 3.05) is 26.2 Å². The zero-order chi connectivity index (χ0) is 31.5. The number of benzene rings is 3. The summed E-state index contributed by atoms with van der Waals surface area (Å²) in [6.07, 6.45) is 0. The van der Waals surface area contributed by atoms with Crippen molar-refractivity contribution in [3.05, 3.63) is 105 Å². The molecule has 11 heteroatoms. The van der Waals surface area contributed by atoms with Crippen LogP contribution in [0.25, 0.3) is 5.76 Å². The first-order valence-electron chi connectivity index (χ1n) is 13.5. The summed E-state index contributed by atoms with van der Waals surface area (Å²) in [6, 6.07) is 18.4. The molecule has 1 atom stereocenters. The number of Topliss-reactive ketones (excluding diaryl/α,β-unsaturated/α-hetero) is 1. The number of amides is 1. The zero-order valence-electron chi connectivity index (χ0n) is 24.7. The van der Waals surface area contributed by atoms with Gasteiger partial charge in [0.05, 0.1) is 38.6 Å². The van der Waals surface area contributed by atoms with Gasteiger partial charge in [0.2, 0.25) is 0 Å². The number of ether oxygens (including phenoxy) is 4. The van der Waals surface area contributed by atoms with E-state index in [1.54, 1.807) is 49.4 Å². The van der Waals surface area contributed by atoms with E-state index in [-0.39, 0.29) is 21.3 Å². The number of nitrogens with zero attached hydrogens (tertiary/aromatic N) is 2. The van der Waals surface area contributed by atoms with E-state index >= 15 is 0 Å². The van der Waals surface area contributed by atoms with Crippen LogP contribution < -0.4 is 19.1 Å². The van der Waals surface area contributed by atoms with Crippen LogP contribution in [0.5, 0.6) is 17.2 Å². The van der Waals surface area contributed by atoms with Crippen molar-refractivity contribution in [1.29, 1.82) is 0 Å². The van der Waals surface area contributed by atoms with Gasteiger partial charge in [-0.15, -0.1) is 0 Å². The van der Waals surface area contributed by atoms with E-state index in [0.29, 0.717) is 40.7 Å². The summed E-state index contributed by atoms with van der Waals surface area (Å²) in [6.45, 7) is 3.98. The Morgan fingerprint density at radius 1 is 0.955 bits per heavy atom. The second-order valence-electron chi connectivity index (χ2n) is 9.99. The minimum absolute atomic E-state index is 0.101. The molecule has 0 saturated carbocycles. The van der Waals surface area contributed by atoms with Gasteiger partial charge in [0.15, 0.2) is 16.6 Å². The van der Waals surface area contributed by atoms with Gasteiger partial charge in [-0.2, -0.15) is 0 Å². The summed E-state index contributed by atoms with van der Waals surface area (Å²) in [4.78, 5) is 45.3. The van der Waals surface area contributed by atoms with Crippen LogP contribution in [-0.4, -0.2) is 49.1 Å². The third kappa shape index (κ3) is 5.73. The monoisotopic (exact) mass is 614 g/mol. The third-order valence-electron chi connectivity index (χ3n) is 7.15. The highest BCUT2D eigenvalue weighted by molar-refractivity contribution is 7.17. The maximum atomic E-state index is 13.6. The first-order chi connectivity index (χ1) is 21.2. The molecule has 1 saturated heterocycles. The number of hydrogen-bond acceptors (Lipinski definition) is 10. The fraction of sp³-hybridized carbons (Fsp3) is 0.212. The number of carbonyl (C=O) groups is 3. The molecule has 1 aliphatic heterocycles. The van der Waals surface area contributed by atoms with Gasteiger partial charge >= 0.3 is 11.9 Å². The predicted molar refractivity (Wildman–Crippen MR) is 164 cm³/mol. The van der Waals surface area contributed by atoms with Crippen LogP contribution in [-0.2, 0) is 20.9 Å². The molecule has 2 heterocycles. The summed E-state index contributed by atoms with van der Waals surface area (Å²) in [5, 5.41) is 11.6. The fourth-order valence-corrected chi connectivity index (χ4v) is 5.98. The molecule has 3 aromatic carbocycles. The Labute approximate surface area is 258 Å². The van der Waals surface area contributed by atoms with Crippen molar-refractivity contribution < 1.29 is 38.4 Å². The molecule has 0 aliphatic carbocycles. The van der Waals surface area contributed by atoms with Gasteiger partial charge in [-0.05, 0) is 61.4 Å². The Morgan fingerprint density at radius 3 is 2.34 bits per heavy atom. The van der Waals surface area contributed by atoms with Crippen LogP contribution in [0.3, 0.4) is 0 Å². The highest BCUT2D eigenvalue weighted by Gasteiger charge is 2.48. The van der Waals surface area contributed by atoms with E-state index in [0.717, 1.165) is 22.5 Å². The SMILES string of the molecule is COC(=O)c1sc(N2C(=O)C(=O)/C(=C(/O)c3ccc(OCc4cccc(C)c4)cc3)C2c2ccc(OC)c(OC)c2)nc1C. The lowest BCUT2D eigenvalue weighted by Gasteiger charge is -2.23. The van der Waals surface area contributed by atoms with Gasteiger partial charge in [-0.3, -0.25) is 14.5 Å². The van der Waals surface area contributed by atoms with E-state index in [1.807, 2.05) is 31.2 Å². The van der Waals surface area contributed by atoms with Crippen LogP contribution in [0.2, 0.25) is 0 Å². The van der Waals surface area contributed by atoms with E-state index in [4.69, 9.17) is 18.9 Å². The van der Waals surface area contributed by atoms with E-state index in [9.17, 15) is 19.5 Å². The number of aryl methyl sites for hydroxylation is 2. The lowest BCUT2D eigenvalue weighted by Crippen LogP contribution is -2.29. The lowest BCUT2D eigenvalue weighted by atomic mass is 9.95. The van der Waals surface area contributed by atoms with Crippen molar-refractivity contribution in [2.24, 2.45) is 0 Å². The Bertz CT molecular complexity index is 1780. The molecule has 44 heavy (non-hydrogen) atoms. The molecule has 1 amide bonds. The maximum Gasteiger partial charge on any atom is 0.350 e. The Morgan fingerprint density at radius 2 is 1.68 bits per heavy atom. The molecule has 1 N–H and O–H groups in total. The first kappa shape index (κ1) is 30.3. The number of esters is 1. The van der Waals surface area contributed by atoms with Gasteiger partial charge in [-0.25, -0.2) is 9.78 Å². The van der Waals surface area contributed by atoms with Crippen molar-refractivity contribution in [2.45, 2.75) is 26.5 Å². The summed E-state index contributed by atoms with van der Waals surface area (Å²) >= 11 is 0.918. The van der Waals surface area contributed by atoms with Crippen LogP contribution in [0.15, 0.2) is 72.3 Å². The van der Waals surface area contributed by atoms with Gasteiger partial charge in [0.25, 0.3) is 5.78 Å². The number of aliphatic hydroxyl groups excluding tert-OH is 1. The van der Waals surface area contributed by atoms with E-state index < -0.39 is 23.7 Å². The number of aliphatic hydroxyl groups is 1. The number of aromatic nitrogens is 1. The molecule has 1 aromatic heterocycles. The second kappa shape index (κ2) is 12.6. The van der Waals surface area contributed by atoms with Gasteiger partial charge in [0, 0.05) is 5.56 Å². The molecule has 1 unspecified atom stereocenters. The normalized spacial score (nSPS) is 15.8. The third-order valence-corrected chi connectivity index (χ3v) is 8.28. The van der Waals surface area contributed by atoms with E-state index in [2.05, 4.69) is 4.98 Å². The van der Waals surface area contributed by atoms with Gasteiger partial charge in [0.1, 0.15) is 23.0 Å². The van der Waals surface area contributed by atoms with Crippen LogP contribution in [0.4, 0.5) is 5.13 Å². The average molecular weight is 615 g/mol. The van der Waals surface area contributed by atoms with Crippen LogP contribution in [0.1, 0.15) is 43.7 Å². The Kier molecular flexibility index (Phi) is 8.68. The van der Waals surface area contributed by atoms with E-state index in [1.165, 1.54) is 26.2 Å². The second-order valence-corrected chi connectivity index (χ2v) is 11.0. The lowest BCUT2D eigenvalue weighted by molar-refractivity contribution is -0.132. The van der Waals surface area contributed by atoms with Gasteiger partial charge in [-0.1, -0.05) is 47.2 Å². The predicted octanol–water partition coefficient (Wildman–Crippen LogP) is 5.77. The Balaban J connectivity index is 1.57. The molecule has 1 aliphatic rings. The molecule has 5 rings (SSSR count). The molecular weight excluding hydrogens is 584 g/mol. The quantitative estimate of drug-likeness (QED) is 0.108. The number of hydrogen-bond donors (Lipinski definition) is 1. The summed E-state index contributed by atoms with van der Waals surface area (Å²) in [7, 11) is 4.20. The minimum atomic E-state index is -1.09. The highest BCUT2D eigenvalue weighted by Crippen LogP contribution is 2.45. The van der Waals surface area contributed by atoms with Crippen LogP contribution >= 0.6 is 11.3 Å². The number of carbonyl (C=O) groups excluding carboxylic acids is 3. The number of ketones is 1. The summed E-state index contributed by atoms with van der Waals surface area (Å²) < 4.78 is 21.6. The molecule has 0 spiro atoms. The van der Waals surface area contributed by atoms with Crippen LogP contribution in [0, 0.1) is 13.8 Å².